The zero-order valence-corrected chi connectivity index (χ0v) is 16.5. The molecule has 0 spiro atoms. The molecule has 0 heterocycles. The van der Waals surface area contributed by atoms with Crippen LogP contribution in [0.1, 0.15) is 65.7 Å². The summed E-state index contributed by atoms with van der Waals surface area (Å²) >= 11 is 0. The number of hydrogen-bond acceptors (Lipinski definition) is 5. The fraction of sp³-hybridized carbons (Fsp3) is 0.950. The topological polar surface area (TPSA) is 54.0 Å². The molecular weight excluding hydrogens is 320 g/mol. The SMILES string of the molecule is CC(C)(C)C(=O)CCCOCCOCCOCCOC1CCCCC1. The third kappa shape index (κ3) is 12.5. The first-order chi connectivity index (χ1) is 12.0. The number of hydrogen-bond donors (Lipinski definition) is 0. The van der Waals surface area contributed by atoms with Gasteiger partial charge in [-0.3, -0.25) is 4.79 Å². The highest BCUT2D eigenvalue weighted by atomic mass is 16.6. The van der Waals surface area contributed by atoms with Gasteiger partial charge in [0.2, 0.25) is 0 Å². The van der Waals surface area contributed by atoms with E-state index in [1.807, 2.05) is 20.8 Å². The summed E-state index contributed by atoms with van der Waals surface area (Å²) in [5.74, 6) is 0.289. The van der Waals surface area contributed by atoms with Crippen LogP contribution in [-0.2, 0) is 23.7 Å². The molecule has 0 unspecified atom stereocenters. The fourth-order valence-electron chi connectivity index (χ4n) is 2.76. The Morgan fingerprint density at radius 3 is 1.88 bits per heavy atom. The maximum Gasteiger partial charge on any atom is 0.138 e. The molecule has 0 saturated heterocycles. The Kier molecular flexibility index (Phi) is 12.3. The van der Waals surface area contributed by atoms with Crippen LogP contribution in [-0.4, -0.2) is 58.1 Å². The van der Waals surface area contributed by atoms with Crippen molar-refractivity contribution in [2.75, 3.05) is 46.2 Å². The van der Waals surface area contributed by atoms with Gasteiger partial charge in [0, 0.05) is 18.4 Å². The van der Waals surface area contributed by atoms with Crippen LogP contribution in [0.15, 0.2) is 0 Å². The quantitative estimate of drug-likeness (QED) is 0.442. The van der Waals surface area contributed by atoms with Gasteiger partial charge in [-0.1, -0.05) is 40.0 Å². The van der Waals surface area contributed by atoms with Crippen LogP contribution in [0.25, 0.3) is 0 Å². The molecule has 0 radical (unpaired) electrons. The van der Waals surface area contributed by atoms with E-state index in [0.29, 0.717) is 58.8 Å². The average molecular weight is 359 g/mol. The van der Waals surface area contributed by atoms with E-state index in [9.17, 15) is 4.79 Å². The minimum absolute atomic E-state index is 0.245. The minimum atomic E-state index is -0.245. The lowest BCUT2D eigenvalue weighted by Crippen LogP contribution is -2.20. The van der Waals surface area contributed by atoms with E-state index in [-0.39, 0.29) is 11.2 Å². The first-order valence-corrected chi connectivity index (χ1v) is 9.88. The van der Waals surface area contributed by atoms with Crippen LogP contribution in [0, 0.1) is 5.41 Å². The summed E-state index contributed by atoms with van der Waals surface area (Å²) in [7, 11) is 0. The maximum absolute atomic E-state index is 11.7. The lowest BCUT2D eigenvalue weighted by molar-refractivity contribution is -0.126. The highest BCUT2D eigenvalue weighted by Crippen LogP contribution is 2.20. The Morgan fingerprint density at radius 2 is 1.32 bits per heavy atom. The molecule has 1 saturated carbocycles. The summed E-state index contributed by atoms with van der Waals surface area (Å²) in [6.07, 6.45) is 8.17. The molecule has 0 atom stereocenters. The van der Waals surface area contributed by atoms with Crippen molar-refractivity contribution < 1.29 is 23.7 Å². The van der Waals surface area contributed by atoms with E-state index in [1.165, 1.54) is 32.1 Å². The lowest BCUT2D eigenvalue weighted by atomic mass is 9.88. The van der Waals surface area contributed by atoms with Crippen molar-refractivity contribution in [2.45, 2.75) is 71.8 Å². The molecule has 1 aliphatic carbocycles. The number of carbonyl (C=O) groups excluding carboxylic acids is 1. The molecule has 25 heavy (non-hydrogen) atoms. The van der Waals surface area contributed by atoms with Crippen molar-refractivity contribution in [1.82, 2.24) is 0 Å². The number of ether oxygens (including phenoxy) is 4. The van der Waals surface area contributed by atoms with E-state index in [2.05, 4.69) is 0 Å². The fourth-order valence-corrected chi connectivity index (χ4v) is 2.76. The van der Waals surface area contributed by atoms with Gasteiger partial charge >= 0.3 is 0 Å². The molecule has 0 bridgehead atoms. The van der Waals surface area contributed by atoms with Gasteiger partial charge in [-0.05, 0) is 19.3 Å². The van der Waals surface area contributed by atoms with Gasteiger partial charge < -0.3 is 18.9 Å². The van der Waals surface area contributed by atoms with Crippen LogP contribution >= 0.6 is 0 Å². The molecule has 0 N–H and O–H groups in total. The van der Waals surface area contributed by atoms with Crippen LogP contribution in [0.3, 0.4) is 0 Å². The molecule has 148 valence electrons. The zero-order valence-electron chi connectivity index (χ0n) is 16.5. The molecule has 0 aliphatic heterocycles. The van der Waals surface area contributed by atoms with Gasteiger partial charge in [-0.25, -0.2) is 0 Å². The largest absolute Gasteiger partial charge is 0.379 e. The minimum Gasteiger partial charge on any atom is -0.379 e. The number of ketones is 1. The van der Waals surface area contributed by atoms with Gasteiger partial charge in [0.25, 0.3) is 0 Å². The predicted octanol–water partition coefficient (Wildman–Crippen LogP) is 3.78. The summed E-state index contributed by atoms with van der Waals surface area (Å²) < 4.78 is 22.2. The Labute approximate surface area is 153 Å². The van der Waals surface area contributed by atoms with Crippen molar-refractivity contribution in [3.63, 3.8) is 0 Å². The summed E-state index contributed by atoms with van der Waals surface area (Å²) in [4.78, 5) is 11.7. The van der Waals surface area contributed by atoms with E-state index in [1.54, 1.807) is 0 Å². The Hall–Kier alpha value is -0.490. The zero-order chi connectivity index (χ0) is 18.4. The van der Waals surface area contributed by atoms with Crippen LogP contribution < -0.4 is 0 Å². The number of carbonyl (C=O) groups is 1. The summed E-state index contributed by atoms with van der Waals surface area (Å²) in [5.41, 5.74) is -0.245. The third-order valence-corrected chi connectivity index (χ3v) is 4.41. The molecule has 1 fully saturated rings. The predicted molar refractivity (Wildman–Crippen MR) is 99.0 cm³/mol. The highest BCUT2D eigenvalue weighted by Gasteiger charge is 2.19. The van der Waals surface area contributed by atoms with E-state index in [4.69, 9.17) is 18.9 Å². The molecule has 0 aromatic rings. The molecule has 0 aromatic carbocycles. The summed E-state index contributed by atoms with van der Waals surface area (Å²) in [6.45, 7) is 10.1. The summed E-state index contributed by atoms with van der Waals surface area (Å²) in [5, 5.41) is 0. The third-order valence-electron chi connectivity index (χ3n) is 4.41. The molecule has 5 heteroatoms. The van der Waals surface area contributed by atoms with Crippen molar-refractivity contribution in [3.8, 4) is 0 Å². The van der Waals surface area contributed by atoms with Crippen molar-refractivity contribution in [2.24, 2.45) is 5.41 Å². The van der Waals surface area contributed by atoms with Crippen molar-refractivity contribution >= 4 is 5.78 Å². The Morgan fingerprint density at radius 1 is 0.800 bits per heavy atom. The second-order valence-corrected chi connectivity index (χ2v) is 7.74. The van der Waals surface area contributed by atoms with Gasteiger partial charge in [-0.15, -0.1) is 0 Å². The smallest absolute Gasteiger partial charge is 0.138 e. The second kappa shape index (κ2) is 13.7. The molecule has 1 aliphatic rings. The van der Waals surface area contributed by atoms with E-state index in [0.717, 1.165) is 6.42 Å². The molecule has 0 aromatic heterocycles. The first-order valence-electron chi connectivity index (χ1n) is 9.88. The van der Waals surface area contributed by atoms with Crippen molar-refractivity contribution in [3.05, 3.63) is 0 Å². The van der Waals surface area contributed by atoms with Gasteiger partial charge in [0.1, 0.15) is 5.78 Å². The normalized spacial score (nSPS) is 16.3. The van der Waals surface area contributed by atoms with Gasteiger partial charge in [0.05, 0.1) is 45.7 Å². The standard InChI is InChI=1S/C20H38O5/c1-20(2,3)19(21)10-7-11-22-12-13-23-14-15-24-16-17-25-18-8-5-4-6-9-18/h18H,4-17H2,1-3H3. The second-order valence-electron chi connectivity index (χ2n) is 7.74. The Bertz CT molecular complexity index is 331. The number of Topliss-reactive ketones (excluding diaryl/α,β-unsaturated/α-hetero) is 1. The van der Waals surface area contributed by atoms with Crippen LogP contribution in [0.5, 0.6) is 0 Å². The monoisotopic (exact) mass is 358 g/mol. The number of rotatable bonds is 14. The summed E-state index contributed by atoms with van der Waals surface area (Å²) in [6, 6.07) is 0. The molecule has 0 amide bonds. The van der Waals surface area contributed by atoms with E-state index < -0.39 is 0 Å². The average Bonchev–Trinajstić information content (AvgIpc) is 2.58. The van der Waals surface area contributed by atoms with Gasteiger partial charge in [0.15, 0.2) is 0 Å². The Balaban J connectivity index is 1.75. The van der Waals surface area contributed by atoms with Crippen LogP contribution in [0.2, 0.25) is 0 Å². The first kappa shape index (κ1) is 22.6. The molecule has 5 nitrogen and oxygen atoms in total. The molecule has 1 rings (SSSR count). The molecular formula is C20H38O5. The van der Waals surface area contributed by atoms with E-state index >= 15 is 0 Å². The van der Waals surface area contributed by atoms with Crippen LogP contribution in [0.4, 0.5) is 0 Å². The maximum atomic E-state index is 11.7. The van der Waals surface area contributed by atoms with Gasteiger partial charge in [-0.2, -0.15) is 0 Å². The van der Waals surface area contributed by atoms with Crippen molar-refractivity contribution in [1.29, 1.82) is 0 Å². The highest BCUT2D eigenvalue weighted by molar-refractivity contribution is 5.83. The lowest BCUT2D eigenvalue weighted by Gasteiger charge is -2.21.